The molecule has 0 spiro atoms. The zero-order valence-electron chi connectivity index (χ0n) is 12.0. The third-order valence-corrected chi connectivity index (χ3v) is 4.75. The molecule has 20 heavy (non-hydrogen) atoms. The van der Waals surface area contributed by atoms with Gasteiger partial charge < -0.3 is 10.6 Å². The molecule has 0 bridgehead atoms. The van der Waals surface area contributed by atoms with E-state index in [1.54, 1.807) is 0 Å². The summed E-state index contributed by atoms with van der Waals surface area (Å²) in [6, 6.07) is 10.9. The molecule has 0 saturated heterocycles. The van der Waals surface area contributed by atoms with Gasteiger partial charge in [0.05, 0.1) is 0 Å². The summed E-state index contributed by atoms with van der Waals surface area (Å²) < 4.78 is 0. The molecule has 1 amide bonds. The van der Waals surface area contributed by atoms with Gasteiger partial charge >= 0.3 is 0 Å². The molecule has 2 atom stereocenters. The third kappa shape index (κ3) is 2.73. The van der Waals surface area contributed by atoms with E-state index in [-0.39, 0.29) is 5.92 Å². The molecule has 0 aromatic heterocycles. The zero-order chi connectivity index (χ0) is 13.9. The quantitative estimate of drug-likeness (QED) is 0.895. The minimum atomic E-state index is 0.199. The minimum absolute atomic E-state index is 0.199. The highest BCUT2D eigenvalue weighted by molar-refractivity contribution is 5.83. The van der Waals surface area contributed by atoms with Crippen LogP contribution >= 0.6 is 0 Å². The summed E-state index contributed by atoms with van der Waals surface area (Å²) in [6.45, 7) is 1.30. The Morgan fingerprint density at radius 3 is 2.55 bits per heavy atom. The van der Waals surface area contributed by atoms with Crippen molar-refractivity contribution in [3.05, 3.63) is 35.9 Å². The van der Waals surface area contributed by atoms with Gasteiger partial charge in [-0.3, -0.25) is 4.79 Å². The molecule has 2 fully saturated rings. The monoisotopic (exact) mass is 272 g/mol. The van der Waals surface area contributed by atoms with Crippen LogP contribution in [0.15, 0.2) is 30.3 Å². The summed E-state index contributed by atoms with van der Waals surface area (Å²) in [5, 5.41) is 0. The van der Waals surface area contributed by atoms with Crippen molar-refractivity contribution in [3.8, 4) is 0 Å². The van der Waals surface area contributed by atoms with E-state index in [0.717, 1.165) is 25.8 Å². The second-order valence-corrected chi connectivity index (χ2v) is 6.12. The Kier molecular flexibility index (Phi) is 4.06. The van der Waals surface area contributed by atoms with Crippen LogP contribution in [0.25, 0.3) is 0 Å². The number of rotatable bonds is 5. The Labute approximate surface area is 121 Å². The van der Waals surface area contributed by atoms with Crippen molar-refractivity contribution >= 4 is 5.91 Å². The van der Waals surface area contributed by atoms with E-state index >= 15 is 0 Å². The largest absolute Gasteiger partial charge is 0.338 e. The lowest BCUT2D eigenvalue weighted by Crippen LogP contribution is -2.43. The van der Waals surface area contributed by atoms with Gasteiger partial charge in [-0.05, 0) is 30.7 Å². The topological polar surface area (TPSA) is 46.3 Å². The molecule has 3 rings (SSSR count). The van der Waals surface area contributed by atoms with Crippen LogP contribution in [0.4, 0.5) is 0 Å². The van der Waals surface area contributed by atoms with Gasteiger partial charge in [-0.15, -0.1) is 0 Å². The van der Waals surface area contributed by atoms with Crippen LogP contribution in [0.5, 0.6) is 0 Å². The van der Waals surface area contributed by atoms with Crippen molar-refractivity contribution in [1.82, 2.24) is 4.90 Å². The summed E-state index contributed by atoms with van der Waals surface area (Å²) in [7, 11) is 0. The molecule has 0 aliphatic heterocycles. The van der Waals surface area contributed by atoms with E-state index in [1.165, 1.54) is 18.4 Å². The first-order valence-corrected chi connectivity index (χ1v) is 7.86. The van der Waals surface area contributed by atoms with Gasteiger partial charge in [0.2, 0.25) is 5.91 Å². The summed E-state index contributed by atoms with van der Waals surface area (Å²) >= 11 is 0. The van der Waals surface area contributed by atoms with E-state index in [2.05, 4.69) is 29.2 Å². The number of carbonyl (C=O) groups is 1. The van der Waals surface area contributed by atoms with Crippen LogP contribution in [0, 0.1) is 5.92 Å². The number of nitrogens with two attached hydrogens (primary N) is 1. The number of benzene rings is 1. The molecule has 0 radical (unpaired) electrons. The average Bonchev–Trinajstić information content (AvgIpc) is 3.11. The van der Waals surface area contributed by atoms with E-state index in [4.69, 9.17) is 5.73 Å². The van der Waals surface area contributed by atoms with Crippen LogP contribution in [-0.2, 0) is 4.79 Å². The maximum atomic E-state index is 12.7. The Bertz CT molecular complexity index is 453. The van der Waals surface area contributed by atoms with Crippen molar-refractivity contribution in [3.63, 3.8) is 0 Å². The maximum Gasteiger partial charge on any atom is 0.226 e. The molecule has 1 aromatic carbocycles. The van der Waals surface area contributed by atoms with Crippen molar-refractivity contribution in [2.75, 3.05) is 13.1 Å². The smallest absolute Gasteiger partial charge is 0.226 e. The first kappa shape index (κ1) is 13.6. The van der Waals surface area contributed by atoms with Gasteiger partial charge in [0.15, 0.2) is 0 Å². The van der Waals surface area contributed by atoms with Crippen molar-refractivity contribution in [1.29, 1.82) is 0 Å². The summed E-state index contributed by atoms with van der Waals surface area (Å²) in [6.07, 6.45) is 5.84. The highest BCUT2D eigenvalue weighted by atomic mass is 16.2. The Hall–Kier alpha value is -1.35. The van der Waals surface area contributed by atoms with Gasteiger partial charge in [-0.25, -0.2) is 0 Å². The first-order valence-electron chi connectivity index (χ1n) is 7.86. The van der Waals surface area contributed by atoms with E-state index in [1.807, 2.05) is 6.07 Å². The molecule has 2 aliphatic rings. The van der Waals surface area contributed by atoms with E-state index in [9.17, 15) is 4.79 Å². The van der Waals surface area contributed by atoms with Crippen LogP contribution in [0.2, 0.25) is 0 Å². The van der Waals surface area contributed by atoms with Crippen LogP contribution in [-0.4, -0.2) is 29.9 Å². The average molecular weight is 272 g/mol. The first-order chi connectivity index (χ1) is 9.81. The molecule has 108 valence electrons. The Balaban J connectivity index is 1.65. The molecular weight excluding hydrogens is 248 g/mol. The van der Waals surface area contributed by atoms with Crippen LogP contribution in [0.1, 0.15) is 43.6 Å². The molecular formula is C17H24N2O. The Morgan fingerprint density at radius 2 is 1.90 bits per heavy atom. The normalized spacial score (nSPS) is 25.6. The highest BCUT2D eigenvalue weighted by Crippen LogP contribution is 2.48. The molecule has 2 unspecified atom stereocenters. The summed E-state index contributed by atoms with van der Waals surface area (Å²) in [5.41, 5.74) is 7.02. The fourth-order valence-electron chi connectivity index (χ4n) is 3.58. The lowest BCUT2D eigenvalue weighted by Gasteiger charge is -2.29. The fraction of sp³-hybridized carbons (Fsp3) is 0.588. The summed E-state index contributed by atoms with van der Waals surface area (Å²) in [4.78, 5) is 14.8. The Morgan fingerprint density at radius 1 is 1.20 bits per heavy atom. The fourth-order valence-corrected chi connectivity index (χ4v) is 3.58. The van der Waals surface area contributed by atoms with Crippen molar-refractivity contribution in [2.24, 2.45) is 11.7 Å². The van der Waals surface area contributed by atoms with Gasteiger partial charge in [-0.1, -0.05) is 43.2 Å². The molecule has 2 saturated carbocycles. The molecule has 3 nitrogen and oxygen atoms in total. The van der Waals surface area contributed by atoms with E-state index in [0.29, 0.717) is 24.4 Å². The SMILES string of the molecule is NCCN(C(=O)C1CC1c1ccccc1)C1CCCC1. The number of hydrogen-bond donors (Lipinski definition) is 1. The number of hydrogen-bond acceptors (Lipinski definition) is 2. The van der Waals surface area contributed by atoms with Gasteiger partial charge in [0, 0.05) is 25.0 Å². The molecule has 2 N–H and O–H groups in total. The van der Waals surface area contributed by atoms with Gasteiger partial charge in [0.1, 0.15) is 0 Å². The zero-order valence-corrected chi connectivity index (χ0v) is 12.0. The number of carbonyl (C=O) groups excluding carboxylic acids is 1. The molecule has 0 heterocycles. The maximum absolute atomic E-state index is 12.7. The third-order valence-electron chi connectivity index (χ3n) is 4.75. The van der Waals surface area contributed by atoms with Crippen molar-refractivity contribution < 1.29 is 4.79 Å². The van der Waals surface area contributed by atoms with Crippen molar-refractivity contribution in [2.45, 2.75) is 44.1 Å². The lowest BCUT2D eigenvalue weighted by atomic mass is 10.1. The highest BCUT2D eigenvalue weighted by Gasteiger charge is 2.46. The predicted octanol–water partition coefficient (Wildman–Crippen LogP) is 2.52. The molecule has 1 aromatic rings. The summed E-state index contributed by atoms with van der Waals surface area (Å²) in [5.74, 6) is 0.978. The van der Waals surface area contributed by atoms with Gasteiger partial charge in [0.25, 0.3) is 0 Å². The van der Waals surface area contributed by atoms with Gasteiger partial charge in [-0.2, -0.15) is 0 Å². The second kappa shape index (κ2) is 5.96. The van der Waals surface area contributed by atoms with Crippen LogP contribution in [0.3, 0.4) is 0 Å². The molecule has 3 heteroatoms. The second-order valence-electron chi connectivity index (χ2n) is 6.12. The number of amides is 1. The van der Waals surface area contributed by atoms with Crippen LogP contribution < -0.4 is 5.73 Å². The standard InChI is InChI=1S/C17H24N2O/c18-10-11-19(14-8-4-5-9-14)17(20)16-12-15(16)13-6-2-1-3-7-13/h1-3,6-7,14-16H,4-5,8-12,18H2. The predicted molar refractivity (Wildman–Crippen MR) is 80.3 cm³/mol. The lowest BCUT2D eigenvalue weighted by molar-refractivity contribution is -0.134. The van der Waals surface area contributed by atoms with E-state index < -0.39 is 0 Å². The minimum Gasteiger partial charge on any atom is -0.338 e. The number of nitrogens with zero attached hydrogens (tertiary/aromatic N) is 1. The molecule has 2 aliphatic carbocycles.